The van der Waals surface area contributed by atoms with E-state index in [-0.39, 0.29) is 11.5 Å². The molecule has 0 saturated carbocycles. The van der Waals surface area contributed by atoms with Crippen molar-refractivity contribution in [2.45, 2.75) is 0 Å². The quantitative estimate of drug-likeness (QED) is 0.610. The van der Waals surface area contributed by atoms with E-state index in [1.54, 1.807) is 26.2 Å². The monoisotopic (exact) mass is 290 g/mol. The van der Waals surface area contributed by atoms with Crippen LogP contribution in [0.3, 0.4) is 0 Å². The van der Waals surface area contributed by atoms with Crippen molar-refractivity contribution in [2.75, 3.05) is 35.4 Å². The molecule has 0 bridgehead atoms. The Morgan fingerprint density at radius 3 is 2.00 bits per heavy atom. The first-order chi connectivity index (χ1) is 9.98. The summed E-state index contributed by atoms with van der Waals surface area (Å²) in [7, 11) is 7.68. The van der Waals surface area contributed by atoms with Crippen molar-refractivity contribution >= 4 is 12.0 Å². The van der Waals surface area contributed by atoms with Gasteiger partial charge in [0.1, 0.15) is 11.6 Å². The Hall–Kier alpha value is -2.68. The number of benzene rings is 1. The Balaban J connectivity index is 3.37. The summed E-state index contributed by atoms with van der Waals surface area (Å²) >= 11 is 0. The topological polar surface area (TPSA) is 71.8 Å². The van der Waals surface area contributed by atoms with E-state index in [0.29, 0.717) is 22.8 Å². The molecule has 0 unspecified atom stereocenters. The van der Waals surface area contributed by atoms with Gasteiger partial charge in [-0.05, 0) is 23.8 Å². The zero-order valence-corrected chi connectivity index (χ0v) is 12.8. The van der Waals surface area contributed by atoms with Crippen LogP contribution in [0.2, 0.25) is 0 Å². The second-order valence-electron chi connectivity index (χ2n) is 4.33. The molecule has 0 radical (unpaired) electrons. The molecule has 6 heteroatoms. The number of amides is 1. The lowest BCUT2D eigenvalue weighted by atomic mass is 10.1. The standard InChI is InChI=1S/C15H18N2O4/c1-17(2)15(18)11(9-16)6-10-7-12(19-3)14(21-5)13(8-10)20-4/h6-8H,1-5H3/b11-6+. The third kappa shape index (κ3) is 3.66. The summed E-state index contributed by atoms with van der Waals surface area (Å²) in [6.07, 6.45) is 1.48. The fourth-order valence-electron chi connectivity index (χ4n) is 1.73. The molecule has 21 heavy (non-hydrogen) atoms. The van der Waals surface area contributed by atoms with Crippen molar-refractivity contribution in [1.82, 2.24) is 4.90 Å². The van der Waals surface area contributed by atoms with Gasteiger partial charge >= 0.3 is 0 Å². The summed E-state index contributed by atoms with van der Waals surface area (Å²) in [5.74, 6) is 0.997. The zero-order valence-electron chi connectivity index (χ0n) is 12.8. The van der Waals surface area contributed by atoms with Gasteiger partial charge in [-0.1, -0.05) is 0 Å². The molecule has 112 valence electrons. The molecule has 0 saturated heterocycles. The van der Waals surface area contributed by atoms with E-state index >= 15 is 0 Å². The van der Waals surface area contributed by atoms with Gasteiger partial charge in [0.05, 0.1) is 21.3 Å². The van der Waals surface area contributed by atoms with Gasteiger partial charge in [-0.3, -0.25) is 4.79 Å². The van der Waals surface area contributed by atoms with Gasteiger partial charge in [-0.25, -0.2) is 0 Å². The van der Waals surface area contributed by atoms with Crippen LogP contribution in [0.15, 0.2) is 17.7 Å². The van der Waals surface area contributed by atoms with Crippen molar-refractivity contribution in [3.8, 4) is 23.3 Å². The lowest BCUT2D eigenvalue weighted by Gasteiger charge is -2.13. The van der Waals surface area contributed by atoms with Crippen LogP contribution in [0.5, 0.6) is 17.2 Å². The SMILES string of the molecule is COc1cc(/C=C(\C#N)C(=O)N(C)C)cc(OC)c1OC. The number of hydrogen-bond acceptors (Lipinski definition) is 5. The minimum absolute atomic E-state index is 0.0225. The molecule has 0 spiro atoms. The van der Waals surface area contributed by atoms with Crippen LogP contribution in [-0.4, -0.2) is 46.2 Å². The Morgan fingerprint density at radius 2 is 1.67 bits per heavy atom. The average Bonchev–Trinajstić information content (AvgIpc) is 2.50. The maximum Gasteiger partial charge on any atom is 0.264 e. The minimum atomic E-state index is -0.369. The maximum atomic E-state index is 11.9. The summed E-state index contributed by atoms with van der Waals surface area (Å²) < 4.78 is 15.7. The van der Waals surface area contributed by atoms with Crippen LogP contribution in [0.1, 0.15) is 5.56 Å². The number of hydrogen-bond donors (Lipinski definition) is 0. The number of ether oxygens (including phenoxy) is 3. The fraction of sp³-hybridized carbons (Fsp3) is 0.333. The van der Waals surface area contributed by atoms with Crippen LogP contribution < -0.4 is 14.2 Å². The second-order valence-corrected chi connectivity index (χ2v) is 4.33. The van der Waals surface area contributed by atoms with Crippen molar-refractivity contribution in [2.24, 2.45) is 0 Å². The van der Waals surface area contributed by atoms with E-state index in [4.69, 9.17) is 19.5 Å². The Kier molecular flexibility index (Phi) is 5.61. The van der Waals surface area contributed by atoms with E-state index in [1.807, 2.05) is 6.07 Å². The number of likely N-dealkylation sites (N-methyl/N-ethyl adjacent to an activating group) is 1. The number of rotatable bonds is 5. The molecule has 0 atom stereocenters. The van der Waals surface area contributed by atoms with Gasteiger partial charge in [0.2, 0.25) is 5.75 Å². The summed E-state index contributed by atoms with van der Waals surface area (Å²) in [6.45, 7) is 0. The van der Waals surface area contributed by atoms with E-state index in [2.05, 4.69) is 0 Å². The molecule has 0 aliphatic carbocycles. The number of nitrogens with zero attached hydrogens (tertiary/aromatic N) is 2. The van der Waals surface area contributed by atoms with E-state index in [1.165, 1.54) is 32.3 Å². The molecule has 6 nitrogen and oxygen atoms in total. The number of carbonyl (C=O) groups excluding carboxylic acids is 1. The van der Waals surface area contributed by atoms with E-state index in [9.17, 15) is 4.79 Å². The molecular formula is C15H18N2O4. The Labute approximate surface area is 124 Å². The molecule has 0 aliphatic rings. The van der Waals surface area contributed by atoms with Gasteiger partial charge in [-0.2, -0.15) is 5.26 Å². The molecule has 1 aromatic rings. The third-order valence-corrected chi connectivity index (χ3v) is 2.76. The first kappa shape index (κ1) is 16.4. The Morgan fingerprint density at radius 1 is 1.14 bits per heavy atom. The van der Waals surface area contributed by atoms with Gasteiger partial charge in [-0.15, -0.1) is 0 Å². The molecule has 0 heterocycles. The van der Waals surface area contributed by atoms with Crippen molar-refractivity contribution in [1.29, 1.82) is 5.26 Å². The van der Waals surface area contributed by atoms with Crippen LogP contribution >= 0.6 is 0 Å². The largest absolute Gasteiger partial charge is 0.493 e. The summed E-state index contributed by atoms with van der Waals surface area (Å²) in [5.41, 5.74) is 0.630. The summed E-state index contributed by atoms with van der Waals surface area (Å²) in [5, 5.41) is 9.11. The molecule has 0 aromatic heterocycles. The molecule has 1 aromatic carbocycles. The first-order valence-corrected chi connectivity index (χ1v) is 6.11. The smallest absolute Gasteiger partial charge is 0.264 e. The van der Waals surface area contributed by atoms with Crippen molar-refractivity contribution in [3.63, 3.8) is 0 Å². The summed E-state index contributed by atoms with van der Waals surface area (Å²) in [4.78, 5) is 13.2. The van der Waals surface area contributed by atoms with Gasteiger partial charge in [0.25, 0.3) is 5.91 Å². The highest BCUT2D eigenvalue weighted by atomic mass is 16.5. The second kappa shape index (κ2) is 7.20. The fourth-order valence-corrected chi connectivity index (χ4v) is 1.73. The molecule has 1 rings (SSSR count). The van der Waals surface area contributed by atoms with Crippen LogP contribution in [0.25, 0.3) is 6.08 Å². The first-order valence-electron chi connectivity index (χ1n) is 6.11. The minimum Gasteiger partial charge on any atom is -0.493 e. The molecule has 1 amide bonds. The van der Waals surface area contributed by atoms with Crippen LogP contribution in [0.4, 0.5) is 0 Å². The van der Waals surface area contributed by atoms with Crippen LogP contribution in [0, 0.1) is 11.3 Å². The highest BCUT2D eigenvalue weighted by Gasteiger charge is 2.15. The highest BCUT2D eigenvalue weighted by Crippen LogP contribution is 2.38. The van der Waals surface area contributed by atoms with Crippen LogP contribution in [-0.2, 0) is 4.79 Å². The van der Waals surface area contributed by atoms with Gasteiger partial charge in [0.15, 0.2) is 11.5 Å². The number of nitriles is 1. The lowest BCUT2D eigenvalue weighted by molar-refractivity contribution is -0.124. The summed E-state index contributed by atoms with van der Waals surface area (Å²) in [6, 6.07) is 5.23. The number of methoxy groups -OCH3 is 3. The molecule has 0 N–H and O–H groups in total. The molecule has 0 fully saturated rings. The molecular weight excluding hydrogens is 272 g/mol. The van der Waals surface area contributed by atoms with Crippen molar-refractivity contribution in [3.05, 3.63) is 23.3 Å². The van der Waals surface area contributed by atoms with Gasteiger partial charge < -0.3 is 19.1 Å². The Bertz CT molecular complexity index is 575. The van der Waals surface area contributed by atoms with Gasteiger partial charge in [0, 0.05) is 14.1 Å². The van der Waals surface area contributed by atoms with E-state index < -0.39 is 0 Å². The number of carbonyl (C=O) groups is 1. The predicted octanol–water partition coefficient (Wildman–Crippen LogP) is 1.71. The average molecular weight is 290 g/mol. The molecule has 0 aliphatic heterocycles. The predicted molar refractivity (Wildman–Crippen MR) is 78.4 cm³/mol. The lowest BCUT2D eigenvalue weighted by Crippen LogP contribution is -2.22. The maximum absolute atomic E-state index is 11.9. The zero-order chi connectivity index (χ0) is 16.0. The van der Waals surface area contributed by atoms with E-state index in [0.717, 1.165) is 0 Å². The highest BCUT2D eigenvalue weighted by molar-refractivity contribution is 6.01. The third-order valence-electron chi connectivity index (χ3n) is 2.76. The normalized spacial score (nSPS) is 10.6. The van der Waals surface area contributed by atoms with Crippen molar-refractivity contribution < 1.29 is 19.0 Å².